The van der Waals surface area contributed by atoms with Crippen LogP contribution >= 0.6 is 0 Å². The van der Waals surface area contributed by atoms with E-state index in [0.717, 1.165) is 56.0 Å². The van der Waals surface area contributed by atoms with Gasteiger partial charge in [0, 0.05) is 38.4 Å². The fourth-order valence-corrected chi connectivity index (χ4v) is 9.32. The van der Waals surface area contributed by atoms with Gasteiger partial charge in [-0.25, -0.2) is 4.98 Å². The molecule has 3 nitrogen and oxygen atoms in total. The van der Waals surface area contributed by atoms with Crippen LogP contribution in [-0.4, -0.2) is 14.1 Å². The SMILES string of the molecule is c1ccc(-c2ccc(-c3cc(-c4ccccc4)nc(-c4ccccc4-n4c5ccccc5c5c4ccc4c6ccccc6n(-c6ccc7ccccc7c6)c45)c3)cc2)cc1. The number of benzene rings is 9. The number of rotatable bonds is 6. The van der Waals surface area contributed by atoms with Gasteiger partial charge >= 0.3 is 0 Å². The normalized spacial score (nSPS) is 11.7. The summed E-state index contributed by atoms with van der Waals surface area (Å²) in [6.45, 7) is 0. The van der Waals surface area contributed by atoms with E-state index in [1.165, 1.54) is 54.5 Å². The quantitative estimate of drug-likeness (QED) is 0.165. The fourth-order valence-electron chi connectivity index (χ4n) is 9.32. The molecule has 3 aromatic heterocycles. The minimum Gasteiger partial charge on any atom is -0.309 e. The van der Waals surface area contributed by atoms with E-state index in [0.29, 0.717) is 0 Å². The van der Waals surface area contributed by atoms with Crippen molar-refractivity contribution in [1.82, 2.24) is 14.1 Å². The van der Waals surface area contributed by atoms with Crippen LogP contribution in [0.1, 0.15) is 0 Å². The van der Waals surface area contributed by atoms with E-state index in [1.807, 2.05) is 0 Å². The van der Waals surface area contributed by atoms with Crippen LogP contribution in [0.3, 0.4) is 0 Å². The van der Waals surface area contributed by atoms with Gasteiger partial charge in [-0.05, 0) is 81.6 Å². The molecule has 12 rings (SSSR count). The third-order valence-corrected chi connectivity index (χ3v) is 12.1. The Morgan fingerprint density at radius 1 is 0.317 bits per heavy atom. The molecule has 12 aromatic rings. The first-order chi connectivity index (χ1) is 29.8. The van der Waals surface area contributed by atoms with Gasteiger partial charge in [-0.2, -0.15) is 0 Å². The number of aromatic nitrogens is 3. The Labute approximate surface area is 347 Å². The highest BCUT2D eigenvalue weighted by atomic mass is 15.0. The van der Waals surface area contributed by atoms with Crippen molar-refractivity contribution in [1.29, 1.82) is 0 Å². The molecule has 0 aliphatic carbocycles. The molecule has 0 fully saturated rings. The predicted octanol–water partition coefficient (Wildman–Crippen LogP) is 15.1. The molecule has 0 aliphatic rings. The minimum atomic E-state index is 0.923. The number of hydrogen-bond donors (Lipinski definition) is 0. The zero-order valence-corrected chi connectivity index (χ0v) is 32.7. The van der Waals surface area contributed by atoms with Gasteiger partial charge in [0.1, 0.15) is 0 Å². The molecular formula is C57H37N3. The monoisotopic (exact) mass is 763 g/mol. The Bertz CT molecular complexity index is 3580. The van der Waals surface area contributed by atoms with Crippen LogP contribution in [0.15, 0.2) is 224 Å². The Kier molecular flexibility index (Phi) is 7.85. The Hall–Kier alpha value is -8.01. The number of nitrogens with zero attached hydrogens (tertiary/aromatic N) is 3. The summed E-state index contributed by atoms with van der Waals surface area (Å²) >= 11 is 0. The summed E-state index contributed by atoms with van der Waals surface area (Å²) in [5, 5.41) is 7.38. The zero-order valence-electron chi connectivity index (χ0n) is 32.7. The Morgan fingerprint density at radius 2 is 0.900 bits per heavy atom. The predicted molar refractivity (Wildman–Crippen MR) is 252 cm³/mol. The third-order valence-electron chi connectivity index (χ3n) is 12.1. The van der Waals surface area contributed by atoms with Crippen molar-refractivity contribution in [2.75, 3.05) is 0 Å². The van der Waals surface area contributed by atoms with E-state index < -0.39 is 0 Å². The van der Waals surface area contributed by atoms with E-state index in [9.17, 15) is 0 Å². The van der Waals surface area contributed by atoms with Gasteiger partial charge in [-0.1, -0.05) is 176 Å². The number of fused-ring (bicyclic) bond motifs is 8. The summed E-state index contributed by atoms with van der Waals surface area (Å²) in [5.74, 6) is 0. The Morgan fingerprint density at radius 3 is 1.68 bits per heavy atom. The second-order valence-corrected chi connectivity index (χ2v) is 15.5. The highest BCUT2D eigenvalue weighted by Gasteiger charge is 2.22. The molecule has 9 aromatic carbocycles. The molecule has 0 spiro atoms. The summed E-state index contributed by atoms with van der Waals surface area (Å²) in [6.07, 6.45) is 0. The van der Waals surface area contributed by atoms with Crippen molar-refractivity contribution in [3.63, 3.8) is 0 Å². The molecule has 3 heteroatoms. The van der Waals surface area contributed by atoms with Gasteiger partial charge in [0.15, 0.2) is 0 Å². The minimum absolute atomic E-state index is 0.923. The van der Waals surface area contributed by atoms with Gasteiger partial charge in [0.2, 0.25) is 0 Å². The van der Waals surface area contributed by atoms with Crippen molar-refractivity contribution in [3.05, 3.63) is 224 Å². The summed E-state index contributed by atoms with van der Waals surface area (Å²) in [5.41, 5.74) is 15.6. The third kappa shape index (κ3) is 5.48. The molecule has 0 atom stereocenters. The second kappa shape index (κ2) is 13.8. The molecule has 0 radical (unpaired) electrons. The van der Waals surface area contributed by atoms with Crippen LogP contribution in [0.5, 0.6) is 0 Å². The molecular weight excluding hydrogens is 727 g/mol. The number of pyridine rings is 1. The lowest BCUT2D eigenvalue weighted by Crippen LogP contribution is -1.99. The molecule has 280 valence electrons. The van der Waals surface area contributed by atoms with E-state index in [-0.39, 0.29) is 0 Å². The highest BCUT2D eigenvalue weighted by Crippen LogP contribution is 2.44. The average Bonchev–Trinajstić information content (AvgIpc) is 3.85. The largest absolute Gasteiger partial charge is 0.309 e. The zero-order chi connectivity index (χ0) is 39.6. The first kappa shape index (κ1) is 34.1. The summed E-state index contributed by atoms with van der Waals surface area (Å²) in [7, 11) is 0. The molecule has 0 aliphatic heterocycles. The van der Waals surface area contributed by atoms with Crippen molar-refractivity contribution in [2.24, 2.45) is 0 Å². The maximum absolute atomic E-state index is 5.44. The van der Waals surface area contributed by atoms with Crippen LogP contribution in [0.2, 0.25) is 0 Å². The van der Waals surface area contributed by atoms with Gasteiger partial charge in [0.05, 0.1) is 39.1 Å². The van der Waals surface area contributed by atoms with E-state index in [2.05, 4.69) is 234 Å². The van der Waals surface area contributed by atoms with Crippen LogP contribution < -0.4 is 0 Å². The number of para-hydroxylation sites is 3. The fraction of sp³-hybridized carbons (Fsp3) is 0. The standard InChI is InChI=1S/C57H37N3/c1-3-15-38(16-4-1)40-27-29-41(30-28-40)44-36-50(42-18-5-2-6-19-42)58-51(37-44)48-22-10-13-25-53(48)60-54-26-14-11-23-49(54)56-55(60)34-33-47-46-21-9-12-24-52(46)59(57(47)56)45-32-31-39-17-7-8-20-43(39)35-45/h1-37H. The first-order valence-electron chi connectivity index (χ1n) is 20.5. The topological polar surface area (TPSA) is 22.8 Å². The molecule has 0 saturated heterocycles. The smallest absolute Gasteiger partial charge is 0.0736 e. The molecule has 3 heterocycles. The molecule has 0 saturated carbocycles. The molecule has 0 bridgehead atoms. The molecule has 0 amide bonds. The van der Waals surface area contributed by atoms with Gasteiger partial charge in [-0.3, -0.25) is 0 Å². The van der Waals surface area contributed by atoms with Crippen LogP contribution in [0.4, 0.5) is 0 Å². The summed E-state index contributed by atoms with van der Waals surface area (Å²) in [4.78, 5) is 5.44. The number of hydrogen-bond acceptors (Lipinski definition) is 1. The van der Waals surface area contributed by atoms with Crippen molar-refractivity contribution in [2.45, 2.75) is 0 Å². The average molecular weight is 764 g/mol. The van der Waals surface area contributed by atoms with E-state index in [1.54, 1.807) is 0 Å². The van der Waals surface area contributed by atoms with Gasteiger partial charge in [0.25, 0.3) is 0 Å². The van der Waals surface area contributed by atoms with Gasteiger partial charge < -0.3 is 9.13 Å². The lowest BCUT2D eigenvalue weighted by molar-refractivity contribution is 1.17. The summed E-state index contributed by atoms with van der Waals surface area (Å²) < 4.78 is 4.93. The lowest BCUT2D eigenvalue weighted by Gasteiger charge is -2.16. The first-order valence-corrected chi connectivity index (χ1v) is 20.5. The van der Waals surface area contributed by atoms with Crippen molar-refractivity contribution < 1.29 is 0 Å². The van der Waals surface area contributed by atoms with Crippen LogP contribution in [0.25, 0.3) is 111 Å². The van der Waals surface area contributed by atoms with Gasteiger partial charge in [-0.15, -0.1) is 0 Å². The van der Waals surface area contributed by atoms with Crippen molar-refractivity contribution >= 4 is 54.4 Å². The van der Waals surface area contributed by atoms with Crippen LogP contribution in [0, 0.1) is 0 Å². The second-order valence-electron chi connectivity index (χ2n) is 15.5. The summed E-state index contributed by atoms with van der Waals surface area (Å²) in [6, 6.07) is 81.0. The van der Waals surface area contributed by atoms with E-state index in [4.69, 9.17) is 4.98 Å². The van der Waals surface area contributed by atoms with Crippen LogP contribution in [-0.2, 0) is 0 Å². The molecule has 0 N–H and O–H groups in total. The van der Waals surface area contributed by atoms with E-state index >= 15 is 0 Å². The molecule has 0 unspecified atom stereocenters. The maximum Gasteiger partial charge on any atom is 0.0736 e. The maximum atomic E-state index is 5.44. The highest BCUT2D eigenvalue weighted by molar-refractivity contribution is 6.26. The van der Waals surface area contributed by atoms with Crippen molar-refractivity contribution in [3.8, 4) is 56.1 Å². The Balaban J connectivity index is 1.11. The lowest BCUT2D eigenvalue weighted by atomic mass is 9.97. The molecule has 60 heavy (non-hydrogen) atoms.